The summed E-state index contributed by atoms with van der Waals surface area (Å²) in [5, 5.41) is 9.90. The first-order chi connectivity index (χ1) is 20.7. The van der Waals surface area contributed by atoms with Crippen molar-refractivity contribution >= 4 is 56.6 Å². The Morgan fingerprint density at radius 1 is 1.09 bits per heavy atom. The van der Waals surface area contributed by atoms with Crippen molar-refractivity contribution in [3.63, 3.8) is 0 Å². The van der Waals surface area contributed by atoms with Crippen LogP contribution in [0, 0.1) is 18.8 Å². The van der Waals surface area contributed by atoms with Gasteiger partial charge in [-0.05, 0) is 49.9 Å². The number of halogens is 2. The average Bonchev–Trinajstić information content (AvgIpc) is 3.58. The van der Waals surface area contributed by atoms with Gasteiger partial charge in [0, 0.05) is 36.8 Å². The number of alkyl halides is 1. The van der Waals surface area contributed by atoms with Crippen molar-refractivity contribution in [3.8, 4) is 0 Å². The number of carbonyl (C=O) groups is 3. The van der Waals surface area contributed by atoms with Crippen LogP contribution in [-0.4, -0.2) is 76.5 Å². The molecule has 3 unspecified atom stereocenters. The van der Waals surface area contributed by atoms with E-state index in [1.165, 1.54) is 0 Å². The Hall–Kier alpha value is -2.98. The van der Waals surface area contributed by atoms with E-state index in [-0.39, 0.29) is 48.8 Å². The lowest BCUT2D eigenvalue weighted by atomic mass is 9.70. The highest BCUT2D eigenvalue weighted by atomic mass is 79.9. The first kappa shape index (κ1) is 31.4. The number of nitrogens with zero attached hydrogens (tertiary/aromatic N) is 3. The van der Waals surface area contributed by atoms with Gasteiger partial charge in [0.1, 0.15) is 11.6 Å². The molecule has 2 aromatic carbocycles. The molecule has 2 aromatic rings. The number of aryl methyl sites for hydroxylation is 1. The number of aliphatic hydroxyl groups is 1. The quantitative estimate of drug-likeness (QED) is 0.197. The van der Waals surface area contributed by atoms with E-state index in [2.05, 4.69) is 29.1 Å². The van der Waals surface area contributed by atoms with Crippen LogP contribution in [-0.2, 0) is 19.1 Å². The van der Waals surface area contributed by atoms with E-state index >= 15 is 0 Å². The summed E-state index contributed by atoms with van der Waals surface area (Å²) < 4.78 is 6.72. The number of benzene rings is 2. The van der Waals surface area contributed by atoms with E-state index in [9.17, 15) is 19.5 Å². The predicted molar refractivity (Wildman–Crippen MR) is 171 cm³/mol. The van der Waals surface area contributed by atoms with Crippen LogP contribution in [0.3, 0.4) is 0 Å². The van der Waals surface area contributed by atoms with E-state index in [0.717, 1.165) is 5.56 Å². The molecule has 43 heavy (non-hydrogen) atoms. The van der Waals surface area contributed by atoms with Gasteiger partial charge in [-0.25, -0.2) is 0 Å². The first-order valence-corrected chi connectivity index (χ1v) is 15.9. The summed E-state index contributed by atoms with van der Waals surface area (Å²) in [4.78, 5) is 48.1. The second kappa shape index (κ2) is 12.9. The Balaban J connectivity index is 1.60. The molecule has 3 saturated heterocycles. The predicted octanol–water partition coefficient (Wildman–Crippen LogP) is 4.91. The van der Waals surface area contributed by atoms with Crippen LogP contribution in [0.1, 0.15) is 24.8 Å². The molecule has 0 aromatic heterocycles. The number of fused-ring (bicyclic) bond motifs is 1. The number of carbonyl (C=O) groups excluding carboxylic acids is 3. The van der Waals surface area contributed by atoms with E-state index < -0.39 is 29.6 Å². The Labute approximate surface area is 266 Å². The molecule has 3 heterocycles. The molecule has 3 amide bonds. The minimum Gasteiger partial charge on any atom is -0.396 e. The Morgan fingerprint density at radius 3 is 2.44 bits per heavy atom. The van der Waals surface area contributed by atoms with Crippen molar-refractivity contribution in [1.82, 2.24) is 4.90 Å². The van der Waals surface area contributed by atoms with E-state index in [1.807, 2.05) is 49.4 Å². The van der Waals surface area contributed by atoms with Crippen LogP contribution in [0.4, 0.5) is 11.4 Å². The summed E-state index contributed by atoms with van der Waals surface area (Å²) >= 11 is 10.4. The number of likely N-dealkylation sites (tertiary alicyclic amines) is 1. The van der Waals surface area contributed by atoms with Gasteiger partial charge in [0.05, 0.1) is 28.6 Å². The smallest absolute Gasteiger partial charge is 0.253 e. The minimum absolute atomic E-state index is 0.0344. The SMILES string of the molecule is C=CCN(C(=O)[C@H]1[C@H]2C(=O)N(CCCCO)C(C(=O)N(CC=C)c3c(C)cccc3Cl)C23CC(Br)[C@@H]1O3)c1ccccc1. The molecule has 1 N–H and O–H groups in total. The lowest BCUT2D eigenvalue weighted by molar-refractivity contribution is -0.140. The number of rotatable bonds is 12. The number of para-hydroxylation sites is 2. The summed E-state index contributed by atoms with van der Waals surface area (Å²) in [5.41, 5.74) is 0.824. The maximum atomic E-state index is 14.8. The van der Waals surface area contributed by atoms with Gasteiger partial charge >= 0.3 is 0 Å². The Kier molecular flexibility index (Phi) is 9.46. The third-order valence-corrected chi connectivity index (χ3v) is 9.95. The minimum atomic E-state index is -1.22. The van der Waals surface area contributed by atoms with Crippen molar-refractivity contribution in [2.75, 3.05) is 36.0 Å². The monoisotopic (exact) mass is 669 g/mol. The van der Waals surface area contributed by atoms with E-state index in [0.29, 0.717) is 35.7 Å². The zero-order chi connectivity index (χ0) is 30.9. The first-order valence-electron chi connectivity index (χ1n) is 14.6. The maximum Gasteiger partial charge on any atom is 0.253 e. The van der Waals surface area contributed by atoms with Crippen molar-refractivity contribution in [2.24, 2.45) is 11.8 Å². The number of anilines is 2. The lowest BCUT2D eigenvalue weighted by Gasteiger charge is -2.38. The number of hydrogen-bond donors (Lipinski definition) is 1. The zero-order valence-corrected chi connectivity index (χ0v) is 26.5. The van der Waals surface area contributed by atoms with Crippen molar-refractivity contribution in [1.29, 1.82) is 0 Å². The van der Waals surface area contributed by atoms with Crippen LogP contribution >= 0.6 is 27.5 Å². The summed E-state index contributed by atoms with van der Waals surface area (Å²) in [6, 6.07) is 13.7. The third kappa shape index (κ3) is 5.35. The molecule has 0 aliphatic carbocycles. The van der Waals surface area contributed by atoms with Crippen LogP contribution in [0.15, 0.2) is 73.8 Å². The standard InChI is InChI=1S/C33H37BrClN3O5/c1-4-16-36(22-13-7-6-8-14-22)30(40)25-26-31(41)38(18-9-10-19-39)29(33(26)20-23(34)28(25)43-33)32(42)37(17-5-2)27-21(3)12-11-15-24(27)35/h4-8,11-15,23,25-26,28-29,39H,1-2,9-10,16-20H2,3H3/t23?,25-,26-,28-,29?,33?/m0/s1. The van der Waals surface area contributed by atoms with Gasteiger partial charge in [-0.15, -0.1) is 13.2 Å². The topological polar surface area (TPSA) is 90.4 Å². The van der Waals surface area contributed by atoms with Crippen LogP contribution in [0.5, 0.6) is 0 Å². The highest BCUT2D eigenvalue weighted by molar-refractivity contribution is 9.09. The fraction of sp³-hybridized carbons (Fsp3) is 0.424. The zero-order valence-electron chi connectivity index (χ0n) is 24.2. The normalized spacial score (nSPS) is 27.2. The molecule has 3 fully saturated rings. The van der Waals surface area contributed by atoms with Gasteiger partial charge in [0.25, 0.3) is 5.91 Å². The average molecular weight is 671 g/mol. The third-order valence-electron chi connectivity index (χ3n) is 8.80. The van der Waals surface area contributed by atoms with Gasteiger partial charge in [-0.3, -0.25) is 14.4 Å². The summed E-state index contributed by atoms with van der Waals surface area (Å²) in [7, 11) is 0. The number of amides is 3. The number of hydrogen-bond acceptors (Lipinski definition) is 5. The molecule has 6 atom stereocenters. The molecule has 1 spiro atoms. The Morgan fingerprint density at radius 2 is 1.79 bits per heavy atom. The van der Waals surface area contributed by atoms with Gasteiger partial charge in [-0.1, -0.05) is 70.0 Å². The number of unbranched alkanes of at least 4 members (excludes halogenated alkanes) is 1. The maximum absolute atomic E-state index is 14.8. The lowest BCUT2D eigenvalue weighted by Crippen LogP contribution is -2.57. The molecule has 3 aliphatic rings. The Bertz CT molecular complexity index is 1390. The number of aliphatic hydroxyl groups excluding tert-OH is 1. The van der Waals surface area contributed by atoms with Crippen molar-refractivity contribution < 1.29 is 24.2 Å². The highest BCUT2D eigenvalue weighted by Crippen LogP contribution is 2.60. The second-order valence-electron chi connectivity index (χ2n) is 11.3. The molecule has 3 aliphatic heterocycles. The molecule has 5 rings (SSSR count). The van der Waals surface area contributed by atoms with Crippen LogP contribution in [0.2, 0.25) is 5.02 Å². The molecule has 228 valence electrons. The second-order valence-corrected chi connectivity index (χ2v) is 12.9. The summed E-state index contributed by atoms with van der Waals surface area (Å²) in [6.07, 6.45) is 4.04. The van der Waals surface area contributed by atoms with Crippen LogP contribution < -0.4 is 9.80 Å². The summed E-state index contributed by atoms with van der Waals surface area (Å²) in [5.74, 6) is -2.52. The largest absolute Gasteiger partial charge is 0.396 e. The molecule has 0 radical (unpaired) electrons. The highest BCUT2D eigenvalue weighted by Gasteiger charge is 2.77. The molecule has 10 heteroatoms. The van der Waals surface area contributed by atoms with Gasteiger partial charge in [0.15, 0.2) is 0 Å². The fourth-order valence-electron chi connectivity index (χ4n) is 7.10. The van der Waals surface area contributed by atoms with Crippen molar-refractivity contribution in [2.45, 2.75) is 48.8 Å². The van der Waals surface area contributed by atoms with Crippen LogP contribution in [0.25, 0.3) is 0 Å². The van der Waals surface area contributed by atoms with E-state index in [1.54, 1.807) is 32.9 Å². The van der Waals surface area contributed by atoms with Gasteiger partial charge in [-0.2, -0.15) is 0 Å². The molecular formula is C33H37BrClN3O5. The van der Waals surface area contributed by atoms with E-state index in [4.69, 9.17) is 16.3 Å². The molecule has 0 saturated carbocycles. The molecule has 2 bridgehead atoms. The molecule has 8 nitrogen and oxygen atoms in total. The molecular weight excluding hydrogens is 634 g/mol. The summed E-state index contributed by atoms with van der Waals surface area (Å²) in [6.45, 7) is 10.2. The number of ether oxygens (including phenoxy) is 1. The van der Waals surface area contributed by atoms with Gasteiger partial charge < -0.3 is 24.5 Å². The van der Waals surface area contributed by atoms with Crippen molar-refractivity contribution in [3.05, 3.63) is 84.4 Å². The fourth-order valence-corrected chi connectivity index (χ4v) is 8.36. The van der Waals surface area contributed by atoms with Gasteiger partial charge in [0.2, 0.25) is 11.8 Å².